The number of likely N-dealkylation sites (tertiary alicyclic amines) is 1. The highest BCUT2D eigenvalue weighted by atomic mass is 16.7. The van der Waals surface area contributed by atoms with Crippen LogP contribution in [0.5, 0.6) is 0 Å². The summed E-state index contributed by atoms with van der Waals surface area (Å²) in [6.07, 6.45) is 2.50. The molecule has 0 N–H and O–H groups in total. The highest BCUT2D eigenvalue weighted by Gasteiger charge is 2.46. The third kappa shape index (κ3) is 1.16. The van der Waals surface area contributed by atoms with E-state index in [1.54, 1.807) is 0 Å². The van der Waals surface area contributed by atoms with E-state index in [9.17, 15) is 0 Å². The molecule has 3 nitrogen and oxygen atoms in total. The van der Waals surface area contributed by atoms with Gasteiger partial charge in [0.15, 0.2) is 0 Å². The minimum Gasteiger partial charge on any atom is -0.348 e. The summed E-state index contributed by atoms with van der Waals surface area (Å²) in [6.45, 7) is 4.83. The molecule has 2 saturated heterocycles. The van der Waals surface area contributed by atoms with Crippen LogP contribution in [0.2, 0.25) is 0 Å². The molecule has 2 aliphatic rings. The Balaban J connectivity index is 2.10. The quantitative estimate of drug-likeness (QED) is 0.583. The third-order valence-electron chi connectivity index (χ3n) is 3.20. The van der Waals surface area contributed by atoms with Crippen molar-refractivity contribution < 1.29 is 9.47 Å². The van der Waals surface area contributed by atoms with E-state index in [1.807, 2.05) is 0 Å². The van der Waals surface area contributed by atoms with Crippen molar-refractivity contribution in [3.05, 3.63) is 0 Å². The number of rotatable bonds is 1. The van der Waals surface area contributed by atoms with Gasteiger partial charge in [-0.2, -0.15) is 0 Å². The number of fused-ring (bicyclic) bond motifs is 1. The van der Waals surface area contributed by atoms with Gasteiger partial charge in [0.2, 0.25) is 0 Å². The van der Waals surface area contributed by atoms with Crippen molar-refractivity contribution in [1.29, 1.82) is 0 Å². The molecule has 0 radical (unpaired) electrons. The van der Waals surface area contributed by atoms with Gasteiger partial charge in [0.05, 0.1) is 5.60 Å². The molecule has 0 amide bonds. The lowest BCUT2D eigenvalue weighted by molar-refractivity contribution is -0.0418. The average molecular weight is 171 g/mol. The molecule has 2 fully saturated rings. The van der Waals surface area contributed by atoms with E-state index in [1.165, 1.54) is 0 Å². The van der Waals surface area contributed by atoms with Gasteiger partial charge in [-0.25, -0.2) is 0 Å². The van der Waals surface area contributed by atoms with Gasteiger partial charge >= 0.3 is 0 Å². The van der Waals surface area contributed by atoms with Crippen molar-refractivity contribution in [2.45, 2.75) is 31.5 Å². The zero-order valence-electron chi connectivity index (χ0n) is 7.88. The molecule has 70 valence electrons. The lowest BCUT2D eigenvalue weighted by Crippen LogP contribution is -2.52. The maximum absolute atomic E-state index is 5.69. The predicted octanol–water partition coefficient (Wildman–Crippen LogP) is 0.844. The van der Waals surface area contributed by atoms with E-state index < -0.39 is 0 Å². The largest absolute Gasteiger partial charge is 0.348 e. The van der Waals surface area contributed by atoms with Crippen molar-refractivity contribution in [3.63, 3.8) is 0 Å². The number of likely N-dealkylation sites (N-methyl/N-ethyl adjacent to an activating group) is 1. The van der Waals surface area contributed by atoms with Crippen molar-refractivity contribution in [2.75, 3.05) is 26.9 Å². The van der Waals surface area contributed by atoms with E-state index in [-0.39, 0.29) is 5.60 Å². The number of ether oxygens (including phenoxy) is 2. The van der Waals surface area contributed by atoms with Crippen LogP contribution in [0.3, 0.4) is 0 Å². The molecular weight excluding hydrogens is 154 g/mol. The van der Waals surface area contributed by atoms with Crippen molar-refractivity contribution >= 4 is 0 Å². The van der Waals surface area contributed by atoms with Crippen LogP contribution < -0.4 is 0 Å². The summed E-state index contributed by atoms with van der Waals surface area (Å²) in [4.78, 5) is 2.31. The molecule has 0 aliphatic carbocycles. The molecule has 0 bridgehead atoms. The predicted molar refractivity (Wildman–Crippen MR) is 46.0 cm³/mol. The summed E-state index contributed by atoms with van der Waals surface area (Å²) in [6, 6.07) is 0. The standard InChI is InChI=1S/C9H17NO2/c1-3-9-4-5-10(2)6-8(9)11-7-12-9/h8H,3-7H2,1-2H3/t8-,9+/m0/s1. The Morgan fingerprint density at radius 1 is 1.58 bits per heavy atom. The van der Waals surface area contributed by atoms with E-state index >= 15 is 0 Å². The Morgan fingerprint density at radius 3 is 3.17 bits per heavy atom. The second-order valence-corrected chi connectivity index (χ2v) is 3.85. The first kappa shape index (κ1) is 8.48. The summed E-state index contributed by atoms with van der Waals surface area (Å²) >= 11 is 0. The number of hydrogen-bond donors (Lipinski definition) is 0. The van der Waals surface area contributed by atoms with Crippen LogP contribution in [0.1, 0.15) is 19.8 Å². The van der Waals surface area contributed by atoms with Crippen LogP contribution in [0.4, 0.5) is 0 Å². The monoisotopic (exact) mass is 171 g/mol. The Labute approximate surface area is 73.6 Å². The van der Waals surface area contributed by atoms with Crippen molar-refractivity contribution in [2.24, 2.45) is 0 Å². The fourth-order valence-corrected chi connectivity index (χ4v) is 2.19. The molecule has 12 heavy (non-hydrogen) atoms. The summed E-state index contributed by atoms with van der Waals surface area (Å²) < 4.78 is 11.3. The second-order valence-electron chi connectivity index (χ2n) is 3.85. The van der Waals surface area contributed by atoms with Gasteiger partial charge in [-0.05, 0) is 19.9 Å². The molecule has 2 atom stereocenters. The highest BCUT2D eigenvalue weighted by molar-refractivity contribution is 4.96. The topological polar surface area (TPSA) is 21.7 Å². The fourth-order valence-electron chi connectivity index (χ4n) is 2.19. The second kappa shape index (κ2) is 2.98. The maximum Gasteiger partial charge on any atom is 0.148 e. The molecule has 0 saturated carbocycles. The lowest BCUT2D eigenvalue weighted by Gasteiger charge is -2.39. The fraction of sp³-hybridized carbons (Fsp3) is 1.00. The van der Waals surface area contributed by atoms with Crippen LogP contribution in [-0.2, 0) is 9.47 Å². The van der Waals surface area contributed by atoms with Gasteiger partial charge in [0, 0.05) is 13.1 Å². The molecule has 2 aliphatic heterocycles. The zero-order valence-corrected chi connectivity index (χ0v) is 7.88. The molecule has 0 aromatic carbocycles. The Bertz CT molecular complexity index is 174. The van der Waals surface area contributed by atoms with Crippen LogP contribution >= 0.6 is 0 Å². The minimum absolute atomic E-state index is 0.0481. The molecule has 2 rings (SSSR count). The van der Waals surface area contributed by atoms with E-state index in [2.05, 4.69) is 18.9 Å². The zero-order chi connectivity index (χ0) is 8.60. The first-order chi connectivity index (χ1) is 5.77. The first-order valence-electron chi connectivity index (χ1n) is 4.71. The molecule has 0 aromatic heterocycles. The Morgan fingerprint density at radius 2 is 2.42 bits per heavy atom. The molecular formula is C9H17NO2. The molecule has 0 aromatic rings. The number of nitrogens with zero attached hydrogens (tertiary/aromatic N) is 1. The minimum atomic E-state index is 0.0481. The summed E-state index contributed by atoms with van der Waals surface area (Å²) in [5, 5.41) is 0. The van der Waals surface area contributed by atoms with E-state index in [0.717, 1.165) is 25.9 Å². The van der Waals surface area contributed by atoms with Gasteiger partial charge in [0.25, 0.3) is 0 Å². The number of piperidine rings is 1. The highest BCUT2D eigenvalue weighted by Crippen LogP contribution is 2.35. The Hall–Kier alpha value is -0.120. The summed E-state index contributed by atoms with van der Waals surface area (Å²) in [5.41, 5.74) is 0.0481. The van der Waals surface area contributed by atoms with Gasteiger partial charge in [-0.15, -0.1) is 0 Å². The van der Waals surface area contributed by atoms with Crippen molar-refractivity contribution in [1.82, 2.24) is 4.90 Å². The van der Waals surface area contributed by atoms with E-state index in [0.29, 0.717) is 12.9 Å². The molecule has 3 heteroatoms. The van der Waals surface area contributed by atoms with Gasteiger partial charge in [-0.1, -0.05) is 6.92 Å². The van der Waals surface area contributed by atoms with Gasteiger partial charge < -0.3 is 14.4 Å². The molecule has 2 heterocycles. The maximum atomic E-state index is 5.69. The first-order valence-corrected chi connectivity index (χ1v) is 4.71. The number of hydrogen-bond acceptors (Lipinski definition) is 3. The van der Waals surface area contributed by atoms with Crippen LogP contribution in [0, 0.1) is 0 Å². The van der Waals surface area contributed by atoms with Gasteiger partial charge in [-0.3, -0.25) is 0 Å². The van der Waals surface area contributed by atoms with Crippen LogP contribution in [0.15, 0.2) is 0 Å². The van der Waals surface area contributed by atoms with Crippen LogP contribution in [0.25, 0.3) is 0 Å². The summed E-state index contributed by atoms with van der Waals surface area (Å²) in [7, 11) is 2.14. The Kier molecular flexibility index (Phi) is 2.10. The van der Waals surface area contributed by atoms with E-state index in [4.69, 9.17) is 9.47 Å². The third-order valence-corrected chi connectivity index (χ3v) is 3.20. The summed E-state index contributed by atoms with van der Waals surface area (Å²) in [5.74, 6) is 0. The van der Waals surface area contributed by atoms with Gasteiger partial charge in [0.1, 0.15) is 12.9 Å². The van der Waals surface area contributed by atoms with Crippen molar-refractivity contribution in [3.8, 4) is 0 Å². The van der Waals surface area contributed by atoms with Crippen LogP contribution in [-0.4, -0.2) is 43.5 Å². The lowest BCUT2D eigenvalue weighted by atomic mass is 9.86. The molecule has 0 spiro atoms. The molecule has 0 unspecified atom stereocenters. The average Bonchev–Trinajstić information content (AvgIpc) is 2.48. The normalized spacial score (nSPS) is 43.0. The smallest absolute Gasteiger partial charge is 0.148 e. The SMILES string of the molecule is CC[C@@]12CCN(C)C[C@@H]1OCO2.